The summed E-state index contributed by atoms with van der Waals surface area (Å²) in [6, 6.07) is 5.09. The molecule has 0 radical (unpaired) electrons. The zero-order valence-corrected chi connectivity index (χ0v) is 8.18. The van der Waals surface area contributed by atoms with Crippen LogP contribution < -0.4 is 0 Å². The molecule has 0 fully saturated rings. The molecule has 0 amide bonds. The molecule has 2 heterocycles. The van der Waals surface area contributed by atoms with Crippen molar-refractivity contribution in [3.05, 3.63) is 35.3 Å². The lowest BCUT2D eigenvalue weighted by atomic mass is 10.1. The summed E-state index contributed by atoms with van der Waals surface area (Å²) in [5.74, 6) is -0.134. The summed E-state index contributed by atoms with van der Waals surface area (Å²) in [5.41, 5.74) is 3.85. The zero-order valence-electron chi connectivity index (χ0n) is 8.18. The molecule has 72 valence electrons. The van der Waals surface area contributed by atoms with Crippen LogP contribution in [0, 0.1) is 12.7 Å². The molecule has 1 aromatic carbocycles. The monoisotopic (exact) mass is 189 g/mol. The summed E-state index contributed by atoms with van der Waals surface area (Å²) >= 11 is 0. The summed E-state index contributed by atoms with van der Waals surface area (Å²) in [6.45, 7) is 3.18. The second-order valence-corrected chi connectivity index (χ2v) is 3.99. The molecule has 0 atom stereocenters. The lowest BCUT2D eigenvalue weighted by molar-refractivity contribution is 0.629. The summed E-state index contributed by atoms with van der Waals surface area (Å²) in [5, 5.41) is 1.08. The van der Waals surface area contributed by atoms with E-state index in [4.69, 9.17) is 0 Å². The fourth-order valence-corrected chi connectivity index (χ4v) is 2.53. The average Bonchev–Trinajstić information content (AvgIpc) is 2.72. The van der Waals surface area contributed by atoms with Crippen LogP contribution in [0.3, 0.4) is 0 Å². The van der Waals surface area contributed by atoms with Crippen LogP contribution in [0.1, 0.15) is 17.7 Å². The van der Waals surface area contributed by atoms with Crippen LogP contribution in [0.5, 0.6) is 0 Å². The Morgan fingerprint density at radius 1 is 1.36 bits per heavy atom. The number of hydrogen-bond donors (Lipinski definition) is 0. The van der Waals surface area contributed by atoms with Gasteiger partial charge in [0.25, 0.3) is 0 Å². The van der Waals surface area contributed by atoms with Crippen LogP contribution in [0.15, 0.2) is 18.2 Å². The van der Waals surface area contributed by atoms with E-state index in [2.05, 4.69) is 11.5 Å². The average molecular weight is 189 g/mol. The normalized spacial score (nSPS) is 15.0. The molecule has 0 saturated heterocycles. The van der Waals surface area contributed by atoms with E-state index in [0.29, 0.717) is 0 Å². The van der Waals surface area contributed by atoms with Gasteiger partial charge in [-0.25, -0.2) is 4.39 Å². The summed E-state index contributed by atoms with van der Waals surface area (Å²) < 4.78 is 15.4. The maximum Gasteiger partial charge on any atom is 0.123 e. The van der Waals surface area contributed by atoms with E-state index in [1.807, 2.05) is 6.07 Å². The lowest BCUT2D eigenvalue weighted by Crippen LogP contribution is -1.90. The second-order valence-electron chi connectivity index (χ2n) is 3.99. The number of rotatable bonds is 0. The number of aryl methyl sites for hydroxylation is 2. The van der Waals surface area contributed by atoms with E-state index in [9.17, 15) is 4.39 Å². The number of halogens is 1. The fourth-order valence-electron chi connectivity index (χ4n) is 2.53. The maximum absolute atomic E-state index is 13.1. The van der Waals surface area contributed by atoms with E-state index in [-0.39, 0.29) is 5.82 Å². The Labute approximate surface area is 82.2 Å². The van der Waals surface area contributed by atoms with Gasteiger partial charge >= 0.3 is 0 Å². The van der Waals surface area contributed by atoms with E-state index in [1.54, 1.807) is 12.1 Å². The Hall–Kier alpha value is -1.31. The van der Waals surface area contributed by atoms with Gasteiger partial charge in [0.2, 0.25) is 0 Å². The van der Waals surface area contributed by atoms with Crippen molar-refractivity contribution in [2.24, 2.45) is 0 Å². The summed E-state index contributed by atoms with van der Waals surface area (Å²) in [6.07, 6.45) is 2.37. The van der Waals surface area contributed by atoms with Crippen LogP contribution in [0.2, 0.25) is 0 Å². The van der Waals surface area contributed by atoms with Gasteiger partial charge in [-0.1, -0.05) is 0 Å². The zero-order chi connectivity index (χ0) is 9.71. The van der Waals surface area contributed by atoms with Crippen LogP contribution in [-0.2, 0) is 13.0 Å². The van der Waals surface area contributed by atoms with Gasteiger partial charge in [0.05, 0.1) is 0 Å². The highest BCUT2D eigenvalue weighted by Crippen LogP contribution is 2.30. The molecule has 0 aliphatic carbocycles. The smallest absolute Gasteiger partial charge is 0.123 e. The Balaban J connectivity index is 2.45. The number of hydrogen-bond acceptors (Lipinski definition) is 0. The first-order valence-corrected chi connectivity index (χ1v) is 5.04. The standard InChI is InChI=1S/C12H12FN/c1-8-10-7-9(13)4-5-12(10)14-6-2-3-11(8)14/h4-5,7H,2-3,6H2,1H3. The maximum atomic E-state index is 13.1. The Morgan fingerprint density at radius 2 is 2.21 bits per heavy atom. The lowest BCUT2D eigenvalue weighted by Gasteiger charge is -1.98. The van der Waals surface area contributed by atoms with Crippen LogP contribution >= 0.6 is 0 Å². The van der Waals surface area contributed by atoms with Crippen molar-refractivity contribution in [1.29, 1.82) is 0 Å². The highest BCUT2D eigenvalue weighted by atomic mass is 19.1. The van der Waals surface area contributed by atoms with Gasteiger partial charge in [-0.15, -0.1) is 0 Å². The molecule has 1 nitrogen and oxygen atoms in total. The molecule has 2 aromatic rings. The Morgan fingerprint density at radius 3 is 3.07 bits per heavy atom. The van der Waals surface area contributed by atoms with Crippen molar-refractivity contribution in [2.75, 3.05) is 0 Å². The van der Waals surface area contributed by atoms with Gasteiger partial charge in [0.1, 0.15) is 5.82 Å². The number of aromatic nitrogens is 1. The minimum atomic E-state index is -0.134. The van der Waals surface area contributed by atoms with E-state index >= 15 is 0 Å². The predicted molar refractivity (Wildman–Crippen MR) is 55.0 cm³/mol. The molecule has 0 spiro atoms. The summed E-state index contributed by atoms with van der Waals surface area (Å²) in [4.78, 5) is 0. The minimum absolute atomic E-state index is 0.134. The molecule has 1 aliphatic heterocycles. The van der Waals surface area contributed by atoms with Gasteiger partial charge < -0.3 is 4.57 Å². The molecular formula is C12H12FN. The first-order chi connectivity index (χ1) is 6.77. The third kappa shape index (κ3) is 0.884. The van der Waals surface area contributed by atoms with Gasteiger partial charge in [-0.3, -0.25) is 0 Å². The molecule has 0 N–H and O–H groups in total. The minimum Gasteiger partial charge on any atom is -0.344 e. The molecule has 1 aliphatic rings. The highest BCUT2D eigenvalue weighted by Gasteiger charge is 2.18. The topological polar surface area (TPSA) is 4.93 Å². The van der Waals surface area contributed by atoms with Crippen molar-refractivity contribution >= 4 is 10.9 Å². The van der Waals surface area contributed by atoms with Crippen LogP contribution in [-0.4, -0.2) is 4.57 Å². The van der Waals surface area contributed by atoms with E-state index in [0.717, 1.165) is 18.4 Å². The van der Waals surface area contributed by atoms with Crippen LogP contribution in [0.25, 0.3) is 10.9 Å². The number of fused-ring (bicyclic) bond motifs is 3. The molecule has 0 bridgehead atoms. The highest BCUT2D eigenvalue weighted by molar-refractivity contribution is 5.85. The molecular weight excluding hydrogens is 177 g/mol. The number of benzene rings is 1. The van der Waals surface area contributed by atoms with Crippen molar-refractivity contribution < 1.29 is 4.39 Å². The van der Waals surface area contributed by atoms with Crippen molar-refractivity contribution in [3.8, 4) is 0 Å². The van der Waals surface area contributed by atoms with Gasteiger partial charge in [-0.05, 0) is 43.5 Å². The molecule has 14 heavy (non-hydrogen) atoms. The largest absolute Gasteiger partial charge is 0.344 e. The van der Waals surface area contributed by atoms with Crippen LogP contribution in [0.4, 0.5) is 4.39 Å². The summed E-state index contributed by atoms with van der Waals surface area (Å²) in [7, 11) is 0. The predicted octanol–water partition coefficient (Wildman–Crippen LogP) is 3.04. The van der Waals surface area contributed by atoms with E-state index in [1.165, 1.54) is 23.2 Å². The van der Waals surface area contributed by atoms with Gasteiger partial charge in [0, 0.05) is 23.1 Å². The Bertz CT molecular complexity index is 511. The molecule has 0 saturated carbocycles. The van der Waals surface area contributed by atoms with Crippen molar-refractivity contribution in [3.63, 3.8) is 0 Å². The molecule has 1 aromatic heterocycles. The third-order valence-electron chi connectivity index (χ3n) is 3.21. The van der Waals surface area contributed by atoms with E-state index < -0.39 is 0 Å². The third-order valence-corrected chi connectivity index (χ3v) is 3.21. The van der Waals surface area contributed by atoms with Gasteiger partial charge in [-0.2, -0.15) is 0 Å². The molecule has 2 heteroatoms. The Kier molecular flexibility index (Phi) is 1.49. The van der Waals surface area contributed by atoms with Crippen molar-refractivity contribution in [2.45, 2.75) is 26.3 Å². The molecule has 0 unspecified atom stereocenters. The quantitative estimate of drug-likeness (QED) is 0.600. The van der Waals surface area contributed by atoms with Crippen molar-refractivity contribution in [1.82, 2.24) is 4.57 Å². The SMILES string of the molecule is Cc1c2n(c3ccc(F)cc13)CCC2. The first-order valence-electron chi connectivity index (χ1n) is 5.04. The fraction of sp³-hybridized carbons (Fsp3) is 0.333. The number of nitrogens with zero attached hydrogens (tertiary/aromatic N) is 1. The first kappa shape index (κ1) is 8.04. The molecule has 3 rings (SSSR count). The second kappa shape index (κ2) is 2.59. The van der Waals surface area contributed by atoms with Gasteiger partial charge in [0.15, 0.2) is 0 Å².